The molecule has 0 saturated carbocycles. The monoisotopic (exact) mass is 1150 g/mol. The van der Waals surface area contributed by atoms with Crippen molar-refractivity contribution in [2.75, 3.05) is 88.1 Å². The largest absolute Gasteiger partial charge is 0.416 e. The highest BCUT2D eigenvalue weighted by atomic mass is 35.5. The predicted molar refractivity (Wildman–Crippen MR) is 314 cm³/mol. The number of piperazine rings is 2. The van der Waals surface area contributed by atoms with Crippen molar-refractivity contribution >= 4 is 68.0 Å². The molecule has 0 bridgehead atoms. The number of benzene rings is 6. The number of nitrogens with one attached hydrogen (secondary N) is 2. The lowest BCUT2D eigenvalue weighted by molar-refractivity contribution is -0.139. The molecule has 2 fully saturated rings. The third-order valence-electron chi connectivity index (χ3n) is 15.1. The highest BCUT2D eigenvalue weighted by Crippen LogP contribution is 2.37. The van der Waals surface area contributed by atoms with Crippen LogP contribution in [0.3, 0.4) is 0 Å². The van der Waals surface area contributed by atoms with E-state index in [0.29, 0.717) is 90.7 Å². The molecule has 424 valence electrons. The van der Waals surface area contributed by atoms with Gasteiger partial charge >= 0.3 is 12.4 Å². The standard InChI is InChI=1S/C64H57ClF6N10O2/c1-40-7-8-44(31-42(40)10-12-46-36-74-59(72)54-6-4-3-5-53(46)54)61(82)76-51-19-15-49(58(34-51)64(69,70)71)39-81-29-27-79(28-30-81)22-21-41-9-11-45(32-43(41)16-20-55-56-33-50(65)17-13-47(56)37-75-60(55)73)62(83)77-52-18-14-48(57(35-52)63(66,67)68)38-80-25-23-78(2)24-26-80/h3-9,11,13-15,17-19,31-37H,21-30,38-39H2,1-2H3,(H2,72,74)(H2,73,75)(H,76,82)(H,77,83). The molecule has 0 radical (unpaired) electrons. The number of nitrogens with two attached hydrogens (primary N) is 2. The first-order valence-electron chi connectivity index (χ1n) is 26.9. The molecule has 19 heteroatoms. The van der Waals surface area contributed by atoms with Crippen LogP contribution in [0.4, 0.5) is 49.4 Å². The van der Waals surface area contributed by atoms with Gasteiger partial charge in [0.1, 0.15) is 11.6 Å². The van der Waals surface area contributed by atoms with Crippen LogP contribution < -0.4 is 22.1 Å². The van der Waals surface area contributed by atoms with Crippen LogP contribution >= 0.6 is 11.6 Å². The Balaban J connectivity index is 0.812. The van der Waals surface area contributed by atoms with Gasteiger partial charge in [-0.05, 0) is 103 Å². The smallest absolute Gasteiger partial charge is 0.383 e. The van der Waals surface area contributed by atoms with Crippen LogP contribution in [0.5, 0.6) is 0 Å². The van der Waals surface area contributed by atoms with Crippen LogP contribution in [0.2, 0.25) is 5.02 Å². The summed E-state index contributed by atoms with van der Waals surface area (Å²) in [5, 5.41) is 8.79. The molecule has 83 heavy (non-hydrogen) atoms. The first-order chi connectivity index (χ1) is 39.7. The van der Waals surface area contributed by atoms with Crippen LogP contribution in [-0.2, 0) is 31.9 Å². The van der Waals surface area contributed by atoms with E-state index in [-0.39, 0.29) is 52.5 Å². The SMILES string of the molecule is Cc1ccc(C(=O)Nc2ccc(CN3CCN(CCc4ccc(C(=O)Nc5ccc(CN6CCN(C)CC6)c(C(F)(F)F)c5)cc4C#Cc4c(N)ncc5ccc(Cl)cc45)CC3)c(C(F)(F)F)c2)cc1C#Cc1cnc(N)c2ccccc12. The lowest BCUT2D eigenvalue weighted by atomic mass is 9.99. The summed E-state index contributed by atoms with van der Waals surface area (Å²) in [6.45, 7) is 7.33. The molecular weight excluding hydrogens is 1090 g/mol. The zero-order valence-corrected chi connectivity index (χ0v) is 46.2. The number of pyridine rings is 2. The Morgan fingerprint density at radius 3 is 1.72 bits per heavy atom. The Bertz CT molecular complexity index is 3920. The van der Waals surface area contributed by atoms with Crippen LogP contribution in [0.1, 0.15) is 76.4 Å². The molecule has 2 amide bonds. The molecule has 0 aliphatic carbocycles. The van der Waals surface area contributed by atoms with Crippen molar-refractivity contribution in [2.24, 2.45) is 0 Å². The highest BCUT2D eigenvalue weighted by molar-refractivity contribution is 6.31. The third-order valence-corrected chi connectivity index (χ3v) is 15.4. The van der Waals surface area contributed by atoms with E-state index in [9.17, 15) is 35.9 Å². The van der Waals surface area contributed by atoms with E-state index < -0.39 is 35.3 Å². The second-order valence-electron chi connectivity index (χ2n) is 20.8. The summed E-state index contributed by atoms with van der Waals surface area (Å²) in [5.41, 5.74) is 15.0. The molecule has 6 N–H and O–H groups in total. The number of rotatable bonds is 11. The second kappa shape index (κ2) is 24.5. The van der Waals surface area contributed by atoms with Crippen LogP contribution in [0, 0.1) is 30.6 Å². The molecule has 0 atom stereocenters. The van der Waals surface area contributed by atoms with E-state index in [1.54, 1.807) is 67.0 Å². The molecule has 0 spiro atoms. The van der Waals surface area contributed by atoms with Gasteiger partial charge in [0, 0.05) is 145 Å². The predicted octanol–water partition coefficient (Wildman–Crippen LogP) is 11.4. The number of alkyl halides is 6. The maximum absolute atomic E-state index is 14.8. The number of amides is 2. The Morgan fingerprint density at radius 1 is 0.566 bits per heavy atom. The van der Waals surface area contributed by atoms with Gasteiger partial charge < -0.3 is 31.9 Å². The average molecular weight is 1150 g/mol. The van der Waals surface area contributed by atoms with Gasteiger partial charge in [-0.25, -0.2) is 9.97 Å². The fraction of sp³-hybridized carbons (Fsp3) is 0.250. The van der Waals surface area contributed by atoms with Crippen molar-refractivity contribution in [2.45, 2.75) is 38.8 Å². The number of likely N-dealkylation sites (N-methyl/N-ethyl adjacent to an activating group) is 1. The Labute approximate surface area is 481 Å². The van der Waals surface area contributed by atoms with Gasteiger partial charge in [-0.1, -0.05) is 89.9 Å². The topological polar surface area (TPSA) is 149 Å². The fourth-order valence-corrected chi connectivity index (χ4v) is 10.5. The molecule has 10 rings (SSSR count). The van der Waals surface area contributed by atoms with Gasteiger partial charge in [-0.2, -0.15) is 26.3 Å². The van der Waals surface area contributed by atoms with Crippen molar-refractivity contribution in [1.29, 1.82) is 0 Å². The summed E-state index contributed by atoms with van der Waals surface area (Å²) < 4.78 is 87.7. The zero-order chi connectivity index (χ0) is 58.6. The summed E-state index contributed by atoms with van der Waals surface area (Å²) in [4.78, 5) is 44.2. The van der Waals surface area contributed by atoms with Gasteiger partial charge in [0.25, 0.3) is 11.8 Å². The third kappa shape index (κ3) is 13.9. The van der Waals surface area contributed by atoms with Gasteiger partial charge in [0.2, 0.25) is 0 Å². The van der Waals surface area contributed by atoms with E-state index in [2.05, 4.69) is 54.1 Å². The lowest BCUT2D eigenvalue weighted by Crippen LogP contribution is -2.46. The summed E-state index contributed by atoms with van der Waals surface area (Å²) >= 11 is 6.37. The number of carbonyl (C=O) groups is 2. The molecule has 6 aromatic carbocycles. The number of nitrogens with zero attached hydrogens (tertiary/aromatic N) is 6. The highest BCUT2D eigenvalue weighted by Gasteiger charge is 2.36. The van der Waals surface area contributed by atoms with E-state index in [4.69, 9.17) is 23.1 Å². The Hall–Kier alpha value is -8.49. The van der Waals surface area contributed by atoms with Crippen molar-refractivity contribution < 1.29 is 35.9 Å². The van der Waals surface area contributed by atoms with Crippen molar-refractivity contribution in [3.63, 3.8) is 0 Å². The van der Waals surface area contributed by atoms with E-state index in [0.717, 1.165) is 52.5 Å². The number of aromatic nitrogens is 2. The van der Waals surface area contributed by atoms with Crippen molar-refractivity contribution in [3.8, 4) is 23.7 Å². The molecule has 2 aromatic heterocycles. The molecular formula is C64H57ClF6N10O2. The number of halogens is 7. The Morgan fingerprint density at radius 2 is 1.10 bits per heavy atom. The number of nitrogen functional groups attached to an aromatic ring is 2. The molecule has 8 aromatic rings. The number of carbonyl (C=O) groups excluding carboxylic acids is 2. The number of fused-ring (bicyclic) bond motifs is 2. The number of aryl methyl sites for hydroxylation is 1. The molecule has 2 aliphatic rings. The summed E-state index contributed by atoms with van der Waals surface area (Å²) in [6, 6.07) is 30.3. The number of hydrogen-bond donors (Lipinski definition) is 4. The van der Waals surface area contributed by atoms with Crippen LogP contribution in [-0.4, -0.2) is 107 Å². The quantitative estimate of drug-likeness (QED) is 0.0728. The van der Waals surface area contributed by atoms with Gasteiger partial charge in [-0.3, -0.25) is 19.4 Å². The molecule has 2 saturated heterocycles. The first-order valence-corrected chi connectivity index (χ1v) is 27.2. The molecule has 2 aliphatic heterocycles. The normalized spacial score (nSPS) is 14.7. The van der Waals surface area contributed by atoms with E-state index in [1.165, 1.54) is 24.3 Å². The molecule has 0 unspecified atom stereocenters. The van der Waals surface area contributed by atoms with Crippen LogP contribution in [0.15, 0.2) is 128 Å². The van der Waals surface area contributed by atoms with Crippen molar-refractivity contribution in [1.82, 2.24) is 29.6 Å². The minimum Gasteiger partial charge on any atom is -0.383 e. The van der Waals surface area contributed by atoms with Gasteiger partial charge in [0.05, 0.1) is 22.3 Å². The number of hydrogen-bond acceptors (Lipinski definition) is 10. The maximum Gasteiger partial charge on any atom is 0.416 e. The van der Waals surface area contributed by atoms with E-state index >= 15 is 0 Å². The maximum atomic E-state index is 14.8. The second-order valence-corrected chi connectivity index (χ2v) is 21.3. The number of anilines is 4. The van der Waals surface area contributed by atoms with Crippen molar-refractivity contribution in [3.05, 3.63) is 199 Å². The summed E-state index contributed by atoms with van der Waals surface area (Å²) in [6.07, 6.45) is -5.70. The minimum absolute atomic E-state index is 0.00991. The van der Waals surface area contributed by atoms with Gasteiger partial charge in [-0.15, -0.1) is 0 Å². The summed E-state index contributed by atoms with van der Waals surface area (Å²) in [5.74, 6) is 11.9. The molecule has 12 nitrogen and oxygen atoms in total. The van der Waals surface area contributed by atoms with Gasteiger partial charge in [0.15, 0.2) is 0 Å². The molecule has 4 heterocycles. The lowest BCUT2D eigenvalue weighted by Gasteiger charge is -2.35. The fourth-order valence-electron chi connectivity index (χ4n) is 10.3. The zero-order valence-electron chi connectivity index (χ0n) is 45.4. The van der Waals surface area contributed by atoms with E-state index in [1.807, 2.05) is 48.0 Å². The Kier molecular flexibility index (Phi) is 17.1. The summed E-state index contributed by atoms with van der Waals surface area (Å²) in [7, 11) is 1.97. The first kappa shape index (κ1) is 57.7. The minimum atomic E-state index is -4.71. The average Bonchev–Trinajstić information content (AvgIpc) is 3.60. The van der Waals surface area contributed by atoms with Crippen LogP contribution in [0.25, 0.3) is 21.5 Å².